The zero-order valence-corrected chi connectivity index (χ0v) is 24.0. The van der Waals surface area contributed by atoms with Crippen molar-refractivity contribution in [2.24, 2.45) is 7.05 Å². The van der Waals surface area contributed by atoms with Gasteiger partial charge in [-0.25, -0.2) is 8.42 Å². The normalized spacial score (nSPS) is 12.2. The van der Waals surface area contributed by atoms with E-state index in [0.717, 1.165) is 42.5 Å². The van der Waals surface area contributed by atoms with Crippen molar-refractivity contribution in [3.05, 3.63) is 53.1 Å². The van der Waals surface area contributed by atoms with Crippen LogP contribution in [0.3, 0.4) is 0 Å². The standard InChI is InChI=1S/C29H41ClN2O3S/c1-6-8-17-32(18-9-7-2)19-10-20-35-24-12-14-25(15-13-24)36(33,34)29-28(22(3)4)26-21-23(30)11-16-27(26)31(29)5/h11-16,21-22H,6-10,17-20H2,1-5H3. The average Bonchev–Trinajstić information content (AvgIpc) is 3.15. The summed E-state index contributed by atoms with van der Waals surface area (Å²) in [5.41, 5.74) is 1.65. The summed E-state index contributed by atoms with van der Waals surface area (Å²) in [6, 6.07) is 12.3. The lowest BCUT2D eigenvalue weighted by molar-refractivity contribution is 0.229. The molecule has 0 aliphatic carbocycles. The van der Waals surface area contributed by atoms with Crippen molar-refractivity contribution in [1.29, 1.82) is 0 Å². The van der Waals surface area contributed by atoms with Crippen LogP contribution in [0.1, 0.15) is 71.3 Å². The van der Waals surface area contributed by atoms with Crippen LogP contribution in [-0.4, -0.2) is 44.1 Å². The first kappa shape index (κ1) is 28.5. The van der Waals surface area contributed by atoms with Gasteiger partial charge in [0.25, 0.3) is 0 Å². The molecule has 0 fully saturated rings. The molecule has 0 bridgehead atoms. The number of sulfone groups is 1. The summed E-state index contributed by atoms with van der Waals surface area (Å²) in [6.45, 7) is 12.4. The Morgan fingerprint density at radius 1 is 0.944 bits per heavy atom. The van der Waals surface area contributed by atoms with Crippen molar-refractivity contribution in [3.63, 3.8) is 0 Å². The lowest BCUT2D eigenvalue weighted by Gasteiger charge is -2.21. The molecule has 0 saturated carbocycles. The van der Waals surface area contributed by atoms with Crippen LogP contribution in [0.15, 0.2) is 52.4 Å². The summed E-state index contributed by atoms with van der Waals surface area (Å²) < 4.78 is 35.2. The predicted molar refractivity (Wildman–Crippen MR) is 150 cm³/mol. The smallest absolute Gasteiger partial charge is 0.222 e. The van der Waals surface area contributed by atoms with E-state index in [1.807, 2.05) is 26.0 Å². The Balaban J connectivity index is 1.73. The molecule has 5 nitrogen and oxygen atoms in total. The second-order valence-corrected chi connectivity index (χ2v) is 12.1. The summed E-state index contributed by atoms with van der Waals surface area (Å²) in [4.78, 5) is 2.79. The van der Waals surface area contributed by atoms with Crippen molar-refractivity contribution in [3.8, 4) is 5.75 Å². The minimum Gasteiger partial charge on any atom is -0.494 e. The van der Waals surface area contributed by atoms with E-state index in [1.165, 1.54) is 25.7 Å². The third-order valence-corrected chi connectivity index (χ3v) is 8.79. The van der Waals surface area contributed by atoms with E-state index in [1.54, 1.807) is 41.9 Å². The molecular weight excluding hydrogens is 492 g/mol. The largest absolute Gasteiger partial charge is 0.494 e. The van der Waals surface area contributed by atoms with Gasteiger partial charge >= 0.3 is 0 Å². The van der Waals surface area contributed by atoms with Crippen molar-refractivity contribution >= 4 is 32.3 Å². The van der Waals surface area contributed by atoms with Gasteiger partial charge in [-0.05, 0) is 86.3 Å². The Hall–Kier alpha value is -2.02. The zero-order chi connectivity index (χ0) is 26.3. The molecule has 0 amide bonds. The molecule has 2 aromatic carbocycles. The Labute approximate surface area is 222 Å². The monoisotopic (exact) mass is 532 g/mol. The van der Waals surface area contributed by atoms with Gasteiger partial charge in [0.05, 0.1) is 11.5 Å². The van der Waals surface area contributed by atoms with E-state index in [2.05, 4.69) is 18.7 Å². The van der Waals surface area contributed by atoms with Gasteiger partial charge in [-0.3, -0.25) is 0 Å². The number of fused-ring (bicyclic) bond motifs is 1. The van der Waals surface area contributed by atoms with Crippen LogP contribution in [0.5, 0.6) is 5.75 Å². The van der Waals surface area contributed by atoms with E-state index in [0.29, 0.717) is 22.4 Å². The van der Waals surface area contributed by atoms with Gasteiger partial charge in [0.2, 0.25) is 9.84 Å². The SMILES string of the molecule is CCCCN(CCCC)CCCOc1ccc(S(=O)(=O)c2c(C(C)C)c3cc(Cl)ccc3n2C)cc1. The van der Waals surface area contributed by atoms with Gasteiger partial charge in [-0.1, -0.05) is 52.1 Å². The van der Waals surface area contributed by atoms with Gasteiger partial charge in [-0.2, -0.15) is 0 Å². The molecule has 1 aromatic heterocycles. The van der Waals surface area contributed by atoms with Gasteiger partial charge < -0.3 is 14.2 Å². The van der Waals surface area contributed by atoms with Crippen molar-refractivity contribution in [2.45, 2.75) is 75.6 Å². The highest BCUT2D eigenvalue weighted by Crippen LogP contribution is 2.38. The number of rotatable bonds is 14. The summed E-state index contributed by atoms with van der Waals surface area (Å²) in [7, 11) is -1.93. The molecule has 3 rings (SSSR count). The molecule has 0 unspecified atom stereocenters. The molecule has 0 spiro atoms. The van der Waals surface area contributed by atoms with Crippen LogP contribution in [0.4, 0.5) is 0 Å². The molecule has 0 atom stereocenters. The number of aryl methyl sites for hydroxylation is 1. The first-order valence-corrected chi connectivity index (χ1v) is 15.0. The van der Waals surface area contributed by atoms with Crippen LogP contribution in [-0.2, 0) is 16.9 Å². The van der Waals surface area contributed by atoms with E-state index in [4.69, 9.17) is 16.3 Å². The molecule has 0 N–H and O–H groups in total. The van der Waals surface area contributed by atoms with Crippen LogP contribution >= 0.6 is 11.6 Å². The van der Waals surface area contributed by atoms with E-state index in [9.17, 15) is 8.42 Å². The third kappa shape index (κ3) is 6.64. The Morgan fingerprint density at radius 2 is 1.56 bits per heavy atom. The van der Waals surface area contributed by atoms with Gasteiger partial charge in [-0.15, -0.1) is 0 Å². The second-order valence-electron chi connectivity index (χ2n) is 9.82. The fourth-order valence-electron chi connectivity index (χ4n) is 4.71. The number of unbranched alkanes of at least 4 members (excludes halogenated alkanes) is 2. The maximum absolute atomic E-state index is 13.8. The highest BCUT2D eigenvalue weighted by atomic mass is 35.5. The Kier molecular flexibility index (Phi) is 10.3. The topological polar surface area (TPSA) is 51.5 Å². The molecule has 198 valence electrons. The number of ether oxygens (including phenoxy) is 1. The lowest BCUT2D eigenvalue weighted by atomic mass is 10.0. The number of hydrogen-bond acceptors (Lipinski definition) is 4. The first-order chi connectivity index (χ1) is 17.2. The zero-order valence-electron chi connectivity index (χ0n) is 22.4. The molecule has 0 saturated heterocycles. The number of nitrogens with zero attached hydrogens (tertiary/aromatic N) is 2. The fraction of sp³-hybridized carbons (Fsp3) is 0.517. The first-order valence-electron chi connectivity index (χ1n) is 13.2. The predicted octanol–water partition coefficient (Wildman–Crippen LogP) is 7.46. The summed E-state index contributed by atoms with van der Waals surface area (Å²) in [5.74, 6) is 0.712. The molecule has 0 aliphatic rings. The second kappa shape index (κ2) is 13.0. The number of halogens is 1. The molecule has 0 aliphatic heterocycles. The Bertz CT molecular complexity index is 1230. The van der Waals surface area contributed by atoms with Crippen molar-refractivity contribution in [1.82, 2.24) is 9.47 Å². The summed E-state index contributed by atoms with van der Waals surface area (Å²) in [6.07, 6.45) is 5.81. The molecule has 36 heavy (non-hydrogen) atoms. The van der Waals surface area contributed by atoms with E-state index in [-0.39, 0.29) is 10.8 Å². The molecular formula is C29H41ClN2O3S. The quantitative estimate of drug-likeness (QED) is 0.202. The van der Waals surface area contributed by atoms with Crippen LogP contribution in [0.25, 0.3) is 10.9 Å². The minimum atomic E-state index is -3.73. The number of aromatic nitrogens is 1. The van der Waals surface area contributed by atoms with Crippen LogP contribution < -0.4 is 4.74 Å². The molecule has 0 radical (unpaired) electrons. The Morgan fingerprint density at radius 3 is 2.14 bits per heavy atom. The molecule has 3 aromatic rings. The van der Waals surface area contributed by atoms with Crippen molar-refractivity contribution < 1.29 is 13.2 Å². The molecule has 1 heterocycles. The molecule has 7 heteroatoms. The van der Waals surface area contributed by atoms with Gasteiger partial charge in [0, 0.05) is 29.5 Å². The summed E-state index contributed by atoms with van der Waals surface area (Å²) in [5, 5.41) is 1.80. The van der Waals surface area contributed by atoms with Gasteiger partial charge in [0.1, 0.15) is 10.8 Å². The van der Waals surface area contributed by atoms with Crippen LogP contribution in [0.2, 0.25) is 5.02 Å². The van der Waals surface area contributed by atoms with Crippen molar-refractivity contribution in [2.75, 3.05) is 26.2 Å². The summed E-state index contributed by atoms with van der Waals surface area (Å²) >= 11 is 6.24. The third-order valence-electron chi connectivity index (χ3n) is 6.65. The van der Waals surface area contributed by atoms with Gasteiger partial charge in [0.15, 0.2) is 0 Å². The number of hydrogen-bond donors (Lipinski definition) is 0. The maximum atomic E-state index is 13.8. The lowest BCUT2D eigenvalue weighted by Crippen LogP contribution is -2.28. The highest BCUT2D eigenvalue weighted by Gasteiger charge is 2.29. The van der Waals surface area contributed by atoms with E-state index >= 15 is 0 Å². The maximum Gasteiger partial charge on any atom is 0.222 e. The van der Waals surface area contributed by atoms with E-state index < -0.39 is 9.84 Å². The van der Waals surface area contributed by atoms with Crippen LogP contribution in [0, 0.1) is 0 Å². The average molecular weight is 533 g/mol. The number of benzene rings is 2. The highest BCUT2D eigenvalue weighted by molar-refractivity contribution is 7.91. The minimum absolute atomic E-state index is 0.0220. The fourth-order valence-corrected chi connectivity index (χ4v) is 6.69.